The van der Waals surface area contributed by atoms with E-state index in [1.54, 1.807) is 4.68 Å². The monoisotopic (exact) mass is 224 g/mol. The van der Waals surface area contributed by atoms with Gasteiger partial charge in [-0.1, -0.05) is 0 Å². The second-order valence-corrected chi connectivity index (χ2v) is 4.57. The molecule has 5 nitrogen and oxygen atoms in total. The van der Waals surface area contributed by atoms with Crippen LogP contribution >= 0.6 is 0 Å². The van der Waals surface area contributed by atoms with Crippen LogP contribution in [0.4, 0.5) is 0 Å². The molecule has 1 heterocycles. The lowest BCUT2D eigenvalue weighted by Gasteiger charge is -2.20. The maximum Gasteiger partial charge on any atom is 0.226 e. The van der Waals surface area contributed by atoms with Crippen LogP contribution in [-0.4, -0.2) is 28.8 Å². The van der Waals surface area contributed by atoms with E-state index in [0.717, 1.165) is 12.1 Å². The molecule has 0 saturated heterocycles. The molecule has 0 aromatic carbocycles. The minimum atomic E-state index is -0.496. The summed E-state index contributed by atoms with van der Waals surface area (Å²) in [6.45, 7) is 4.62. The van der Waals surface area contributed by atoms with Crippen LogP contribution in [-0.2, 0) is 18.3 Å². The number of carbonyl (C=O) groups is 1. The molecular formula is C11H20N4O. The van der Waals surface area contributed by atoms with E-state index in [4.69, 9.17) is 5.73 Å². The van der Waals surface area contributed by atoms with Gasteiger partial charge in [-0.05, 0) is 19.9 Å². The Morgan fingerprint density at radius 3 is 2.81 bits per heavy atom. The van der Waals surface area contributed by atoms with Gasteiger partial charge < -0.3 is 11.1 Å². The van der Waals surface area contributed by atoms with Gasteiger partial charge in [0.05, 0.1) is 11.1 Å². The summed E-state index contributed by atoms with van der Waals surface area (Å²) in [5, 5.41) is 7.09. The van der Waals surface area contributed by atoms with Crippen LogP contribution in [0.5, 0.6) is 0 Å². The van der Waals surface area contributed by atoms with E-state index in [0.29, 0.717) is 13.1 Å². The van der Waals surface area contributed by atoms with Gasteiger partial charge in [-0.15, -0.1) is 0 Å². The minimum Gasteiger partial charge on any atom is -0.355 e. The molecule has 1 aromatic heterocycles. The van der Waals surface area contributed by atoms with Crippen molar-refractivity contribution in [2.45, 2.75) is 20.3 Å². The minimum absolute atomic E-state index is 0.00840. The van der Waals surface area contributed by atoms with Crippen molar-refractivity contribution in [1.82, 2.24) is 15.1 Å². The van der Waals surface area contributed by atoms with Crippen LogP contribution in [0.2, 0.25) is 0 Å². The summed E-state index contributed by atoms with van der Waals surface area (Å²) < 4.78 is 1.75. The summed E-state index contributed by atoms with van der Waals surface area (Å²) in [5.41, 5.74) is 6.00. The SMILES string of the molecule is Cn1ccc(CCNC(=O)C(C)(C)CN)n1. The van der Waals surface area contributed by atoms with E-state index in [2.05, 4.69) is 10.4 Å². The Bertz CT molecular complexity index is 357. The van der Waals surface area contributed by atoms with E-state index >= 15 is 0 Å². The molecule has 0 aliphatic heterocycles. The first-order valence-corrected chi connectivity index (χ1v) is 5.42. The third kappa shape index (κ3) is 3.34. The number of hydrogen-bond donors (Lipinski definition) is 2. The van der Waals surface area contributed by atoms with Gasteiger partial charge in [0.2, 0.25) is 5.91 Å². The van der Waals surface area contributed by atoms with Crippen molar-refractivity contribution in [3.05, 3.63) is 18.0 Å². The van der Waals surface area contributed by atoms with Crippen molar-refractivity contribution in [2.75, 3.05) is 13.1 Å². The molecule has 0 aliphatic rings. The average molecular weight is 224 g/mol. The molecule has 0 saturated carbocycles. The number of carbonyl (C=O) groups excluding carboxylic acids is 1. The summed E-state index contributed by atoms with van der Waals surface area (Å²) in [6, 6.07) is 1.94. The Balaban J connectivity index is 2.33. The zero-order chi connectivity index (χ0) is 12.2. The first-order valence-electron chi connectivity index (χ1n) is 5.42. The highest BCUT2D eigenvalue weighted by Gasteiger charge is 2.24. The van der Waals surface area contributed by atoms with Crippen molar-refractivity contribution in [1.29, 1.82) is 0 Å². The van der Waals surface area contributed by atoms with Crippen molar-refractivity contribution in [2.24, 2.45) is 18.2 Å². The van der Waals surface area contributed by atoms with E-state index in [9.17, 15) is 4.79 Å². The Morgan fingerprint density at radius 1 is 1.62 bits per heavy atom. The van der Waals surface area contributed by atoms with Gasteiger partial charge in [0.15, 0.2) is 0 Å². The Labute approximate surface area is 96.0 Å². The molecule has 0 aliphatic carbocycles. The van der Waals surface area contributed by atoms with Gasteiger partial charge in [-0.25, -0.2) is 0 Å². The van der Waals surface area contributed by atoms with Crippen molar-refractivity contribution < 1.29 is 4.79 Å². The van der Waals surface area contributed by atoms with E-state index < -0.39 is 5.41 Å². The zero-order valence-electron chi connectivity index (χ0n) is 10.2. The predicted octanol–water partition coefficient (Wildman–Crippen LogP) is 0.0637. The van der Waals surface area contributed by atoms with E-state index in [-0.39, 0.29) is 5.91 Å². The Kier molecular flexibility index (Phi) is 4.06. The van der Waals surface area contributed by atoms with Crippen molar-refractivity contribution in [3.8, 4) is 0 Å². The summed E-state index contributed by atoms with van der Waals surface area (Å²) in [6.07, 6.45) is 2.63. The molecule has 0 atom stereocenters. The maximum absolute atomic E-state index is 11.7. The summed E-state index contributed by atoms with van der Waals surface area (Å²) in [4.78, 5) is 11.7. The van der Waals surface area contributed by atoms with Gasteiger partial charge in [0, 0.05) is 32.8 Å². The number of hydrogen-bond acceptors (Lipinski definition) is 3. The molecule has 0 radical (unpaired) electrons. The number of nitrogens with zero attached hydrogens (tertiary/aromatic N) is 2. The molecule has 90 valence electrons. The Hall–Kier alpha value is -1.36. The Morgan fingerprint density at radius 2 is 2.31 bits per heavy atom. The van der Waals surface area contributed by atoms with Gasteiger partial charge in [0.1, 0.15) is 0 Å². The third-order valence-corrected chi connectivity index (χ3v) is 2.56. The smallest absolute Gasteiger partial charge is 0.226 e. The van der Waals surface area contributed by atoms with Gasteiger partial charge in [-0.2, -0.15) is 5.10 Å². The second kappa shape index (κ2) is 5.12. The fourth-order valence-electron chi connectivity index (χ4n) is 1.23. The van der Waals surface area contributed by atoms with Gasteiger partial charge in [-0.3, -0.25) is 9.48 Å². The van der Waals surface area contributed by atoms with Crippen molar-refractivity contribution in [3.63, 3.8) is 0 Å². The first-order chi connectivity index (χ1) is 7.45. The van der Waals surface area contributed by atoms with Gasteiger partial charge in [0.25, 0.3) is 0 Å². The molecule has 0 fully saturated rings. The summed E-state index contributed by atoms with van der Waals surface area (Å²) >= 11 is 0. The van der Waals surface area contributed by atoms with Crippen LogP contribution in [0.25, 0.3) is 0 Å². The quantitative estimate of drug-likeness (QED) is 0.743. The number of aryl methyl sites for hydroxylation is 1. The molecule has 3 N–H and O–H groups in total. The molecule has 0 unspecified atom stereocenters. The fraction of sp³-hybridized carbons (Fsp3) is 0.636. The molecule has 16 heavy (non-hydrogen) atoms. The fourth-order valence-corrected chi connectivity index (χ4v) is 1.23. The zero-order valence-corrected chi connectivity index (χ0v) is 10.2. The molecule has 1 aromatic rings. The van der Waals surface area contributed by atoms with Crippen LogP contribution in [0.15, 0.2) is 12.3 Å². The van der Waals surface area contributed by atoms with Crippen molar-refractivity contribution >= 4 is 5.91 Å². The highest BCUT2D eigenvalue weighted by atomic mass is 16.2. The highest BCUT2D eigenvalue weighted by Crippen LogP contribution is 2.11. The lowest BCUT2D eigenvalue weighted by atomic mass is 9.93. The van der Waals surface area contributed by atoms with Crippen LogP contribution in [0, 0.1) is 5.41 Å². The molecular weight excluding hydrogens is 204 g/mol. The lowest BCUT2D eigenvalue weighted by molar-refractivity contribution is -0.128. The lowest BCUT2D eigenvalue weighted by Crippen LogP contribution is -2.42. The normalized spacial score (nSPS) is 11.5. The average Bonchev–Trinajstić information content (AvgIpc) is 2.64. The molecule has 1 amide bonds. The molecule has 1 rings (SSSR count). The second-order valence-electron chi connectivity index (χ2n) is 4.57. The number of aromatic nitrogens is 2. The number of amides is 1. The van der Waals surface area contributed by atoms with E-state index in [1.807, 2.05) is 33.2 Å². The predicted molar refractivity (Wildman–Crippen MR) is 62.8 cm³/mol. The molecule has 5 heteroatoms. The number of rotatable bonds is 5. The first kappa shape index (κ1) is 12.7. The molecule has 0 spiro atoms. The highest BCUT2D eigenvalue weighted by molar-refractivity contribution is 5.81. The van der Waals surface area contributed by atoms with Crippen LogP contribution in [0.3, 0.4) is 0 Å². The summed E-state index contributed by atoms with van der Waals surface area (Å²) in [5.74, 6) is -0.00840. The largest absolute Gasteiger partial charge is 0.355 e. The van der Waals surface area contributed by atoms with Crippen LogP contribution < -0.4 is 11.1 Å². The number of nitrogens with one attached hydrogen (secondary N) is 1. The molecule has 0 bridgehead atoms. The maximum atomic E-state index is 11.7. The third-order valence-electron chi connectivity index (χ3n) is 2.56. The van der Waals surface area contributed by atoms with Crippen LogP contribution in [0.1, 0.15) is 19.5 Å². The standard InChI is InChI=1S/C11H20N4O/c1-11(2,8-12)10(16)13-6-4-9-5-7-15(3)14-9/h5,7H,4,6,8,12H2,1-3H3,(H,13,16). The van der Waals surface area contributed by atoms with E-state index in [1.165, 1.54) is 0 Å². The summed E-state index contributed by atoms with van der Waals surface area (Å²) in [7, 11) is 1.87. The number of nitrogens with two attached hydrogens (primary N) is 1. The topological polar surface area (TPSA) is 72.9 Å². The van der Waals surface area contributed by atoms with Gasteiger partial charge >= 0.3 is 0 Å².